The van der Waals surface area contributed by atoms with Crippen molar-refractivity contribution < 1.29 is 0 Å². The standard InChI is InChI=1S/C15H22ClN5/c1-17-15(18-9-13-6-5-7-19(13)2)21(4)11-14-8-12(16)10-20(14)3/h5-8,10H,9,11H2,1-4H3,(H,17,18). The van der Waals surface area contributed by atoms with Gasteiger partial charge in [0.15, 0.2) is 5.96 Å². The molecule has 2 aromatic rings. The molecule has 2 rings (SSSR count). The first-order valence-corrected chi connectivity index (χ1v) is 7.21. The summed E-state index contributed by atoms with van der Waals surface area (Å²) in [6.07, 6.45) is 3.94. The van der Waals surface area contributed by atoms with E-state index in [1.54, 1.807) is 7.05 Å². The Morgan fingerprint density at radius 1 is 1.33 bits per heavy atom. The van der Waals surface area contributed by atoms with E-state index in [1.807, 2.05) is 50.2 Å². The maximum atomic E-state index is 6.02. The molecule has 2 heterocycles. The second-order valence-electron chi connectivity index (χ2n) is 5.13. The summed E-state index contributed by atoms with van der Waals surface area (Å²) in [6, 6.07) is 6.11. The Labute approximate surface area is 130 Å². The van der Waals surface area contributed by atoms with Crippen LogP contribution in [0.1, 0.15) is 11.4 Å². The molecule has 0 saturated carbocycles. The third-order valence-corrected chi connectivity index (χ3v) is 3.73. The molecule has 6 heteroatoms. The third kappa shape index (κ3) is 3.82. The monoisotopic (exact) mass is 307 g/mol. The Balaban J connectivity index is 1.97. The predicted molar refractivity (Wildman–Crippen MR) is 87.5 cm³/mol. The van der Waals surface area contributed by atoms with Gasteiger partial charge in [-0.05, 0) is 18.2 Å². The Bertz CT molecular complexity index is 626. The van der Waals surface area contributed by atoms with Crippen LogP contribution in [-0.4, -0.2) is 34.1 Å². The lowest BCUT2D eigenvalue weighted by Crippen LogP contribution is -2.38. The van der Waals surface area contributed by atoms with Crippen LogP contribution in [0, 0.1) is 0 Å². The van der Waals surface area contributed by atoms with Gasteiger partial charge in [0.1, 0.15) is 0 Å². The molecule has 0 aliphatic heterocycles. The predicted octanol–water partition coefficient (Wildman–Crippen LogP) is 2.22. The molecule has 114 valence electrons. The molecule has 21 heavy (non-hydrogen) atoms. The summed E-state index contributed by atoms with van der Waals surface area (Å²) in [4.78, 5) is 6.41. The number of halogens is 1. The number of aryl methyl sites for hydroxylation is 2. The van der Waals surface area contributed by atoms with Crippen molar-refractivity contribution in [3.63, 3.8) is 0 Å². The van der Waals surface area contributed by atoms with Gasteiger partial charge in [-0.2, -0.15) is 0 Å². The molecule has 0 spiro atoms. The van der Waals surface area contributed by atoms with Crippen LogP contribution in [0.5, 0.6) is 0 Å². The summed E-state index contributed by atoms with van der Waals surface area (Å²) in [5.41, 5.74) is 2.36. The van der Waals surface area contributed by atoms with Crippen LogP contribution < -0.4 is 5.32 Å². The van der Waals surface area contributed by atoms with Crippen LogP contribution >= 0.6 is 11.6 Å². The van der Waals surface area contributed by atoms with Crippen molar-refractivity contribution in [3.05, 3.63) is 47.0 Å². The van der Waals surface area contributed by atoms with E-state index in [2.05, 4.69) is 25.8 Å². The summed E-state index contributed by atoms with van der Waals surface area (Å²) in [5, 5.41) is 4.13. The minimum atomic E-state index is 0.744. The van der Waals surface area contributed by atoms with Crippen molar-refractivity contribution >= 4 is 17.6 Å². The normalized spacial score (nSPS) is 11.8. The Kier molecular flexibility index (Phi) is 4.96. The van der Waals surface area contributed by atoms with Crippen LogP contribution in [0.15, 0.2) is 35.6 Å². The maximum Gasteiger partial charge on any atom is 0.194 e. The molecule has 0 amide bonds. The zero-order valence-electron chi connectivity index (χ0n) is 13.0. The number of nitrogens with zero attached hydrogens (tertiary/aromatic N) is 4. The maximum absolute atomic E-state index is 6.02. The molecular weight excluding hydrogens is 286 g/mol. The SMILES string of the molecule is CN=C(NCc1cccn1C)N(C)Cc1cc(Cl)cn1C. The number of aromatic nitrogens is 2. The van der Waals surface area contributed by atoms with Crippen LogP contribution in [0.2, 0.25) is 5.02 Å². The molecule has 0 unspecified atom stereocenters. The van der Waals surface area contributed by atoms with Gasteiger partial charge in [0.05, 0.1) is 18.1 Å². The highest BCUT2D eigenvalue weighted by Crippen LogP contribution is 2.14. The van der Waals surface area contributed by atoms with Crippen LogP contribution in [0.4, 0.5) is 0 Å². The average Bonchev–Trinajstić information content (AvgIpc) is 2.97. The summed E-state index contributed by atoms with van der Waals surface area (Å²) < 4.78 is 4.13. The minimum absolute atomic E-state index is 0.744. The topological polar surface area (TPSA) is 37.5 Å². The third-order valence-electron chi connectivity index (χ3n) is 3.53. The summed E-state index contributed by atoms with van der Waals surface area (Å²) in [7, 11) is 7.84. The quantitative estimate of drug-likeness (QED) is 0.695. The Morgan fingerprint density at radius 3 is 2.62 bits per heavy atom. The van der Waals surface area contributed by atoms with E-state index in [-0.39, 0.29) is 0 Å². The summed E-state index contributed by atoms with van der Waals surface area (Å²) >= 11 is 6.02. The molecule has 0 atom stereocenters. The van der Waals surface area contributed by atoms with Gasteiger partial charge >= 0.3 is 0 Å². The van der Waals surface area contributed by atoms with Crippen molar-refractivity contribution in [2.24, 2.45) is 19.1 Å². The van der Waals surface area contributed by atoms with Gasteiger partial charge in [-0.1, -0.05) is 11.6 Å². The molecule has 0 radical (unpaired) electrons. The van der Waals surface area contributed by atoms with E-state index in [9.17, 15) is 0 Å². The van der Waals surface area contributed by atoms with Gasteiger partial charge in [-0.3, -0.25) is 4.99 Å². The fourth-order valence-corrected chi connectivity index (χ4v) is 2.55. The lowest BCUT2D eigenvalue weighted by atomic mass is 10.4. The van der Waals surface area contributed by atoms with Gasteiger partial charge in [0.2, 0.25) is 0 Å². The number of rotatable bonds is 4. The average molecular weight is 308 g/mol. The highest BCUT2D eigenvalue weighted by atomic mass is 35.5. The van der Waals surface area contributed by atoms with Crippen LogP contribution in [-0.2, 0) is 27.2 Å². The largest absolute Gasteiger partial charge is 0.353 e. The van der Waals surface area contributed by atoms with Gasteiger partial charge in [0, 0.05) is 52.0 Å². The fraction of sp³-hybridized carbons (Fsp3) is 0.400. The minimum Gasteiger partial charge on any atom is -0.353 e. The number of nitrogens with one attached hydrogen (secondary N) is 1. The van der Waals surface area contributed by atoms with Crippen molar-refractivity contribution in [2.75, 3.05) is 14.1 Å². The lowest BCUT2D eigenvalue weighted by molar-refractivity contribution is 0.460. The molecule has 0 bridgehead atoms. The first-order valence-electron chi connectivity index (χ1n) is 6.84. The second-order valence-corrected chi connectivity index (χ2v) is 5.56. The van der Waals surface area contributed by atoms with Gasteiger partial charge in [-0.25, -0.2) is 0 Å². The number of hydrogen-bond donors (Lipinski definition) is 1. The lowest BCUT2D eigenvalue weighted by Gasteiger charge is -2.22. The fourth-order valence-electron chi connectivity index (χ4n) is 2.28. The van der Waals surface area contributed by atoms with Crippen LogP contribution in [0.3, 0.4) is 0 Å². The van der Waals surface area contributed by atoms with E-state index < -0.39 is 0 Å². The highest BCUT2D eigenvalue weighted by Gasteiger charge is 2.10. The molecule has 1 N–H and O–H groups in total. The Hall–Kier alpha value is -1.88. The van der Waals surface area contributed by atoms with Crippen LogP contribution in [0.25, 0.3) is 0 Å². The van der Waals surface area contributed by atoms with Crippen molar-refractivity contribution in [3.8, 4) is 0 Å². The van der Waals surface area contributed by atoms with E-state index >= 15 is 0 Å². The smallest absolute Gasteiger partial charge is 0.194 e. The Morgan fingerprint density at radius 2 is 2.10 bits per heavy atom. The highest BCUT2D eigenvalue weighted by molar-refractivity contribution is 6.30. The zero-order valence-corrected chi connectivity index (χ0v) is 13.7. The molecular formula is C15H22ClN5. The van der Waals surface area contributed by atoms with E-state index in [1.165, 1.54) is 5.69 Å². The first kappa shape index (κ1) is 15.5. The van der Waals surface area contributed by atoms with Gasteiger partial charge < -0.3 is 19.4 Å². The number of aliphatic imine (C=N–C) groups is 1. The summed E-state index contributed by atoms with van der Waals surface area (Å²) in [6.45, 7) is 1.49. The second kappa shape index (κ2) is 6.72. The molecule has 2 aromatic heterocycles. The van der Waals surface area contributed by atoms with E-state index in [0.29, 0.717) is 0 Å². The first-order chi connectivity index (χ1) is 10.0. The van der Waals surface area contributed by atoms with Crippen molar-refractivity contribution in [1.29, 1.82) is 0 Å². The summed E-state index contributed by atoms with van der Waals surface area (Å²) in [5.74, 6) is 0.855. The molecule has 0 saturated heterocycles. The molecule has 0 aliphatic carbocycles. The number of guanidine groups is 1. The molecule has 0 aliphatic rings. The number of hydrogen-bond acceptors (Lipinski definition) is 1. The molecule has 0 aromatic carbocycles. The molecule has 0 fully saturated rings. The molecule has 5 nitrogen and oxygen atoms in total. The van der Waals surface area contributed by atoms with Gasteiger partial charge in [-0.15, -0.1) is 0 Å². The van der Waals surface area contributed by atoms with E-state index in [4.69, 9.17) is 11.6 Å². The van der Waals surface area contributed by atoms with Crippen molar-refractivity contribution in [2.45, 2.75) is 13.1 Å². The van der Waals surface area contributed by atoms with Gasteiger partial charge in [0.25, 0.3) is 0 Å². The van der Waals surface area contributed by atoms with E-state index in [0.717, 1.165) is 29.8 Å². The zero-order chi connectivity index (χ0) is 15.4. The van der Waals surface area contributed by atoms with Crippen molar-refractivity contribution in [1.82, 2.24) is 19.4 Å².